The Hall–Kier alpha value is -4.11. The van der Waals surface area contributed by atoms with Gasteiger partial charge in [0.25, 0.3) is 5.91 Å². The van der Waals surface area contributed by atoms with Gasteiger partial charge in [-0.3, -0.25) is 19.7 Å². The number of ether oxygens (including phenoxy) is 2. The van der Waals surface area contributed by atoms with Gasteiger partial charge in [0.05, 0.1) is 12.0 Å². The van der Waals surface area contributed by atoms with Crippen molar-refractivity contribution in [2.45, 2.75) is 19.0 Å². The minimum Gasteiger partial charge on any atom is -0.490 e. The Morgan fingerprint density at radius 2 is 1.78 bits per heavy atom. The quantitative estimate of drug-likeness (QED) is 0.307. The van der Waals surface area contributed by atoms with Crippen LogP contribution in [0.5, 0.6) is 11.5 Å². The van der Waals surface area contributed by atoms with Crippen molar-refractivity contribution in [2.24, 2.45) is 0 Å². The van der Waals surface area contributed by atoms with Crippen LogP contribution in [-0.2, 0) is 22.6 Å². The molecule has 3 aromatic carbocycles. The first-order chi connectivity index (χ1) is 17.3. The average Bonchev–Trinajstić information content (AvgIpc) is 2.90. The summed E-state index contributed by atoms with van der Waals surface area (Å²) in [5, 5.41) is 14.2. The average molecular weight is 512 g/mol. The molecule has 1 atom stereocenters. The SMILES string of the molecule is CNC(=O)C(Cc1ccccc1)N(Cc1ccccc1Cl)C(=O)COc1ccc([N+](=O)[O-])c(OC)c1. The van der Waals surface area contributed by atoms with Crippen molar-refractivity contribution in [3.05, 3.63) is 99.1 Å². The van der Waals surface area contributed by atoms with Crippen LogP contribution in [0.1, 0.15) is 11.1 Å². The Morgan fingerprint density at radius 3 is 2.42 bits per heavy atom. The van der Waals surface area contributed by atoms with Crippen molar-refractivity contribution in [2.75, 3.05) is 20.8 Å². The number of hydrogen-bond donors (Lipinski definition) is 1. The summed E-state index contributed by atoms with van der Waals surface area (Å²) in [6.07, 6.45) is 0.280. The predicted molar refractivity (Wildman–Crippen MR) is 135 cm³/mol. The molecule has 1 unspecified atom stereocenters. The summed E-state index contributed by atoms with van der Waals surface area (Å²) in [6.45, 7) is -0.329. The van der Waals surface area contributed by atoms with Gasteiger partial charge in [0.1, 0.15) is 11.8 Å². The number of rotatable bonds is 11. The summed E-state index contributed by atoms with van der Waals surface area (Å²) in [7, 11) is 2.82. The first-order valence-corrected chi connectivity index (χ1v) is 11.5. The van der Waals surface area contributed by atoms with Crippen LogP contribution < -0.4 is 14.8 Å². The fraction of sp³-hybridized carbons (Fsp3) is 0.231. The highest BCUT2D eigenvalue weighted by molar-refractivity contribution is 6.31. The van der Waals surface area contributed by atoms with Gasteiger partial charge in [0.2, 0.25) is 11.7 Å². The number of carbonyl (C=O) groups excluding carboxylic acids is 2. The monoisotopic (exact) mass is 511 g/mol. The molecule has 188 valence electrons. The molecule has 0 bridgehead atoms. The summed E-state index contributed by atoms with van der Waals surface area (Å²) < 4.78 is 10.7. The van der Waals surface area contributed by atoms with E-state index in [1.165, 1.54) is 37.3 Å². The van der Waals surface area contributed by atoms with Gasteiger partial charge < -0.3 is 19.7 Å². The molecular weight excluding hydrogens is 486 g/mol. The van der Waals surface area contributed by atoms with Gasteiger partial charge in [-0.25, -0.2) is 0 Å². The third kappa shape index (κ3) is 6.73. The zero-order chi connectivity index (χ0) is 26.1. The molecule has 0 fully saturated rings. The Morgan fingerprint density at radius 1 is 1.08 bits per heavy atom. The standard InChI is InChI=1S/C26H26ClN3O6/c1-28-26(32)23(14-18-8-4-3-5-9-18)29(16-19-10-6-7-11-21(19)27)25(31)17-36-20-12-13-22(30(33)34)24(15-20)35-2/h3-13,15,23H,14,16-17H2,1-2H3,(H,28,32). The lowest BCUT2D eigenvalue weighted by Gasteiger charge is -2.31. The molecule has 1 N–H and O–H groups in total. The van der Waals surface area contributed by atoms with E-state index in [0.29, 0.717) is 10.6 Å². The number of methoxy groups -OCH3 is 1. The summed E-state index contributed by atoms with van der Waals surface area (Å²) >= 11 is 6.36. The third-order valence-corrected chi connectivity index (χ3v) is 5.89. The number of nitro benzene ring substituents is 1. The van der Waals surface area contributed by atoms with E-state index < -0.39 is 23.5 Å². The van der Waals surface area contributed by atoms with Gasteiger partial charge in [-0.15, -0.1) is 0 Å². The van der Waals surface area contributed by atoms with Crippen molar-refractivity contribution in [1.82, 2.24) is 10.2 Å². The van der Waals surface area contributed by atoms with Crippen LogP contribution >= 0.6 is 11.6 Å². The zero-order valence-corrected chi connectivity index (χ0v) is 20.6. The molecule has 0 spiro atoms. The minimum atomic E-state index is -0.837. The minimum absolute atomic E-state index is 0.00480. The first-order valence-electron chi connectivity index (χ1n) is 11.1. The van der Waals surface area contributed by atoms with Gasteiger partial charge >= 0.3 is 5.69 Å². The molecule has 10 heteroatoms. The number of hydrogen-bond acceptors (Lipinski definition) is 6. The lowest BCUT2D eigenvalue weighted by atomic mass is 10.0. The van der Waals surface area contributed by atoms with Crippen LogP contribution in [0.25, 0.3) is 0 Å². The maximum Gasteiger partial charge on any atom is 0.311 e. The number of nitrogens with one attached hydrogen (secondary N) is 1. The van der Waals surface area contributed by atoms with Gasteiger partial charge in [-0.2, -0.15) is 0 Å². The van der Waals surface area contributed by atoms with E-state index in [9.17, 15) is 19.7 Å². The molecule has 0 saturated carbocycles. The smallest absolute Gasteiger partial charge is 0.311 e. The van der Waals surface area contributed by atoms with Crippen molar-refractivity contribution in [3.8, 4) is 11.5 Å². The lowest BCUT2D eigenvalue weighted by Crippen LogP contribution is -2.51. The first kappa shape index (κ1) is 26.5. The summed E-state index contributed by atoms with van der Waals surface area (Å²) in [6, 6.07) is 19.6. The van der Waals surface area contributed by atoms with Gasteiger partial charge in [-0.1, -0.05) is 60.1 Å². The number of amides is 2. The Balaban J connectivity index is 1.89. The molecule has 0 heterocycles. The fourth-order valence-corrected chi connectivity index (χ4v) is 3.85. The maximum absolute atomic E-state index is 13.5. The fourth-order valence-electron chi connectivity index (χ4n) is 3.66. The van der Waals surface area contributed by atoms with Crippen molar-refractivity contribution >= 4 is 29.1 Å². The second kappa shape index (κ2) is 12.6. The molecule has 2 amide bonds. The molecule has 36 heavy (non-hydrogen) atoms. The maximum atomic E-state index is 13.5. The van der Waals surface area contributed by atoms with E-state index in [-0.39, 0.29) is 36.1 Å². The van der Waals surface area contributed by atoms with Crippen LogP contribution in [0.15, 0.2) is 72.8 Å². The van der Waals surface area contributed by atoms with Crippen LogP contribution in [0.2, 0.25) is 5.02 Å². The second-order valence-electron chi connectivity index (χ2n) is 7.81. The molecule has 0 aliphatic rings. The van der Waals surface area contributed by atoms with E-state index in [0.717, 1.165) is 5.56 Å². The van der Waals surface area contributed by atoms with E-state index in [4.69, 9.17) is 21.1 Å². The number of nitrogens with zero attached hydrogens (tertiary/aromatic N) is 2. The molecule has 3 rings (SSSR count). The topological polar surface area (TPSA) is 111 Å². The summed E-state index contributed by atoms with van der Waals surface area (Å²) in [4.78, 5) is 38.4. The predicted octanol–water partition coefficient (Wildman–Crippen LogP) is 4.02. The van der Waals surface area contributed by atoms with Gasteiger partial charge in [0.15, 0.2) is 6.61 Å². The van der Waals surface area contributed by atoms with Crippen LogP contribution in [0.3, 0.4) is 0 Å². The largest absolute Gasteiger partial charge is 0.490 e. The number of halogens is 1. The molecule has 3 aromatic rings. The van der Waals surface area contributed by atoms with E-state index in [2.05, 4.69) is 5.32 Å². The van der Waals surface area contributed by atoms with E-state index in [1.807, 2.05) is 30.3 Å². The zero-order valence-electron chi connectivity index (χ0n) is 19.8. The number of likely N-dealkylation sites (N-methyl/N-ethyl adjacent to an activating group) is 1. The number of carbonyl (C=O) groups is 2. The Labute approximate surface area is 213 Å². The molecule has 9 nitrogen and oxygen atoms in total. The van der Waals surface area contributed by atoms with Crippen molar-refractivity contribution in [1.29, 1.82) is 0 Å². The van der Waals surface area contributed by atoms with Crippen LogP contribution in [0.4, 0.5) is 5.69 Å². The Bertz CT molecular complexity index is 1220. The van der Waals surface area contributed by atoms with Gasteiger partial charge in [-0.05, 0) is 23.3 Å². The molecule has 0 radical (unpaired) electrons. The second-order valence-corrected chi connectivity index (χ2v) is 8.22. The van der Waals surface area contributed by atoms with Crippen LogP contribution in [0, 0.1) is 10.1 Å². The third-order valence-electron chi connectivity index (χ3n) is 5.53. The highest BCUT2D eigenvalue weighted by Crippen LogP contribution is 2.31. The van der Waals surface area contributed by atoms with Gasteiger partial charge in [0, 0.05) is 37.2 Å². The van der Waals surface area contributed by atoms with E-state index in [1.54, 1.807) is 24.3 Å². The Kier molecular flexibility index (Phi) is 9.24. The van der Waals surface area contributed by atoms with E-state index >= 15 is 0 Å². The normalized spacial score (nSPS) is 11.3. The highest BCUT2D eigenvalue weighted by Gasteiger charge is 2.30. The molecule has 0 saturated heterocycles. The molecular formula is C26H26ClN3O6. The van der Waals surface area contributed by atoms with Crippen molar-refractivity contribution < 1.29 is 24.0 Å². The number of benzene rings is 3. The summed E-state index contributed by atoms with van der Waals surface area (Å²) in [5.41, 5.74) is 1.33. The lowest BCUT2D eigenvalue weighted by molar-refractivity contribution is -0.385. The van der Waals surface area contributed by atoms with Crippen molar-refractivity contribution in [3.63, 3.8) is 0 Å². The number of nitro groups is 1. The molecule has 0 aliphatic carbocycles. The molecule has 0 aromatic heterocycles. The highest BCUT2D eigenvalue weighted by atomic mass is 35.5. The summed E-state index contributed by atoms with van der Waals surface area (Å²) in [5.74, 6) is -0.582. The van der Waals surface area contributed by atoms with Crippen LogP contribution in [-0.4, -0.2) is 48.4 Å². The molecule has 0 aliphatic heterocycles.